The Kier molecular flexibility index (Phi) is 21.8. The summed E-state index contributed by atoms with van der Waals surface area (Å²) in [6, 6.07) is 8.88. The van der Waals surface area contributed by atoms with Gasteiger partial charge in [0.25, 0.3) is 0 Å². The van der Waals surface area contributed by atoms with Gasteiger partial charge in [-0.15, -0.1) is 0 Å². The molecule has 0 aromatic heterocycles. The van der Waals surface area contributed by atoms with Gasteiger partial charge in [-0.2, -0.15) is 0 Å². The number of ether oxygens (including phenoxy) is 1. The quantitative estimate of drug-likeness (QED) is 0.259. The van der Waals surface area contributed by atoms with E-state index in [4.69, 9.17) is 4.74 Å². The third-order valence-electron chi connectivity index (χ3n) is 4.21. The van der Waals surface area contributed by atoms with E-state index in [1.54, 1.807) is 0 Å². The van der Waals surface area contributed by atoms with Crippen LogP contribution in [0.25, 0.3) is 0 Å². The van der Waals surface area contributed by atoms with Crippen molar-refractivity contribution < 1.29 is 4.74 Å². The number of hydrogen-bond acceptors (Lipinski definition) is 1. The molecule has 0 aliphatic heterocycles. The highest BCUT2D eigenvalue weighted by molar-refractivity contribution is 9.09. The van der Waals surface area contributed by atoms with Crippen molar-refractivity contribution >= 4 is 15.9 Å². The van der Waals surface area contributed by atoms with Crippen LogP contribution < -0.4 is 0 Å². The van der Waals surface area contributed by atoms with Crippen LogP contribution in [0.5, 0.6) is 0 Å². The van der Waals surface area contributed by atoms with E-state index in [1.807, 2.05) is 0 Å². The van der Waals surface area contributed by atoms with Gasteiger partial charge in [0.2, 0.25) is 0 Å². The summed E-state index contributed by atoms with van der Waals surface area (Å²) < 4.78 is 5.31. The lowest BCUT2D eigenvalue weighted by Gasteiger charge is -2.09. The molecule has 1 atom stereocenters. The molecule has 1 rings (SSSR count). The second-order valence-electron chi connectivity index (χ2n) is 7.87. The van der Waals surface area contributed by atoms with E-state index >= 15 is 0 Å². The first kappa shape index (κ1) is 28.9. The van der Waals surface area contributed by atoms with Gasteiger partial charge in [0.05, 0.1) is 0 Å². The third kappa shape index (κ3) is 20.2. The summed E-state index contributed by atoms with van der Waals surface area (Å²) in [5, 5.41) is 0. The summed E-state index contributed by atoms with van der Waals surface area (Å²) in [5.74, 6) is 1.28. The molecule has 27 heavy (non-hydrogen) atoms. The Bertz CT molecular complexity index is 383. The van der Waals surface area contributed by atoms with E-state index in [2.05, 4.69) is 95.6 Å². The van der Waals surface area contributed by atoms with E-state index < -0.39 is 0 Å². The molecule has 0 N–H and O–H groups in total. The molecule has 0 amide bonds. The van der Waals surface area contributed by atoms with Crippen LogP contribution >= 0.6 is 15.9 Å². The first-order chi connectivity index (χ1) is 12.8. The number of halogens is 1. The van der Waals surface area contributed by atoms with Crippen molar-refractivity contribution in [1.29, 1.82) is 0 Å². The highest BCUT2D eigenvalue weighted by atomic mass is 79.9. The second kappa shape index (κ2) is 20.4. The van der Waals surface area contributed by atoms with Crippen molar-refractivity contribution in [3.8, 4) is 0 Å². The van der Waals surface area contributed by atoms with Gasteiger partial charge in [0.15, 0.2) is 0 Å². The number of hydrogen-bond donors (Lipinski definition) is 0. The zero-order chi connectivity index (χ0) is 21.1. The SMILES string of the molecule is CC(C)c1cccc(C(C)C)c1.CCCC(C)Br.CCCCOCCCC. The topological polar surface area (TPSA) is 9.23 Å². The first-order valence-corrected chi connectivity index (χ1v) is 12.0. The fourth-order valence-corrected chi connectivity index (χ4v) is 2.73. The highest BCUT2D eigenvalue weighted by Gasteiger charge is 2.02. The van der Waals surface area contributed by atoms with Crippen LogP contribution in [0.2, 0.25) is 0 Å². The maximum atomic E-state index is 5.31. The van der Waals surface area contributed by atoms with Crippen LogP contribution in [-0.2, 0) is 4.74 Å². The monoisotopic (exact) mass is 442 g/mol. The minimum Gasteiger partial charge on any atom is -0.381 e. The third-order valence-corrected chi connectivity index (χ3v) is 4.67. The van der Waals surface area contributed by atoms with Crippen LogP contribution in [0.15, 0.2) is 24.3 Å². The van der Waals surface area contributed by atoms with E-state index in [9.17, 15) is 0 Å². The molecule has 0 saturated carbocycles. The summed E-state index contributed by atoms with van der Waals surface area (Å²) in [7, 11) is 0. The lowest BCUT2D eigenvalue weighted by atomic mass is 9.96. The van der Waals surface area contributed by atoms with Crippen molar-refractivity contribution in [3.63, 3.8) is 0 Å². The van der Waals surface area contributed by atoms with Crippen molar-refractivity contribution in [1.82, 2.24) is 0 Å². The maximum Gasteiger partial charge on any atom is 0.0465 e. The van der Waals surface area contributed by atoms with Crippen LogP contribution in [0.3, 0.4) is 0 Å². The molecule has 0 saturated heterocycles. The van der Waals surface area contributed by atoms with Gasteiger partial charge in [-0.25, -0.2) is 0 Å². The minimum atomic E-state index is 0.642. The molecule has 1 nitrogen and oxygen atoms in total. The van der Waals surface area contributed by atoms with E-state index in [0.717, 1.165) is 13.2 Å². The summed E-state index contributed by atoms with van der Waals surface area (Å²) in [4.78, 5) is 0.711. The van der Waals surface area contributed by atoms with Crippen LogP contribution in [-0.4, -0.2) is 18.0 Å². The Morgan fingerprint density at radius 1 is 0.778 bits per heavy atom. The summed E-state index contributed by atoms with van der Waals surface area (Å²) >= 11 is 3.43. The molecule has 0 radical (unpaired) electrons. The average Bonchev–Trinajstić information content (AvgIpc) is 2.62. The van der Waals surface area contributed by atoms with Gasteiger partial charge >= 0.3 is 0 Å². The van der Waals surface area contributed by atoms with E-state index in [-0.39, 0.29) is 0 Å². The van der Waals surface area contributed by atoms with Gasteiger partial charge in [-0.1, -0.05) is 115 Å². The smallest absolute Gasteiger partial charge is 0.0465 e. The first-order valence-electron chi connectivity index (χ1n) is 11.1. The molecule has 0 heterocycles. The predicted octanol–water partition coefficient (Wildman–Crippen LogP) is 9.11. The van der Waals surface area contributed by atoms with Crippen molar-refractivity contribution in [2.75, 3.05) is 13.2 Å². The van der Waals surface area contributed by atoms with Crippen molar-refractivity contribution in [2.24, 2.45) is 0 Å². The molecule has 0 fully saturated rings. The molecule has 1 aromatic carbocycles. The molecule has 160 valence electrons. The van der Waals surface area contributed by atoms with Crippen LogP contribution in [0.1, 0.15) is 117 Å². The fourth-order valence-electron chi connectivity index (χ4n) is 2.27. The number of benzene rings is 1. The Morgan fingerprint density at radius 2 is 1.22 bits per heavy atom. The van der Waals surface area contributed by atoms with Crippen LogP contribution in [0, 0.1) is 0 Å². The normalized spacial score (nSPS) is 11.5. The maximum absolute atomic E-state index is 5.31. The van der Waals surface area contributed by atoms with Gasteiger partial charge in [0, 0.05) is 18.0 Å². The molecule has 0 aliphatic rings. The van der Waals surface area contributed by atoms with Gasteiger partial charge in [-0.05, 0) is 42.2 Å². The molecule has 0 aliphatic carbocycles. The van der Waals surface area contributed by atoms with E-state index in [1.165, 1.54) is 49.7 Å². The Hall–Kier alpha value is -0.340. The zero-order valence-corrected chi connectivity index (χ0v) is 21.1. The van der Waals surface area contributed by atoms with Crippen molar-refractivity contribution in [2.45, 2.75) is 111 Å². The summed E-state index contributed by atoms with van der Waals surface area (Å²) in [6.45, 7) is 19.6. The average molecular weight is 444 g/mol. The van der Waals surface area contributed by atoms with Crippen molar-refractivity contribution in [3.05, 3.63) is 35.4 Å². The molecular weight excluding hydrogens is 396 g/mol. The van der Waals surface area contributed by atoms with Gasteiger partial charge < -0.3 is 4.74 Å². The number of unbranched alkanes of at least 4 members (excludes halogenated alkanes) is 2. The van der Waals surface area contributed by atoms with Gasteiger partial charge in [-0.3, -0.25) is 0 Å². The zero-order valence-electron chi connectivity index (χ0n) is 19.5. The summed E-state index contributed by atoms with van der Waals surface area (Å²) in [5.41, 5.74) is 2.89. The lowest BCUT2D eigenvalue weighted by Crippen LogP contribution is -1.95. The predicted molar refractivity (Wildman–Crippen MR) is 129 cm³/mol. The Morgan fingerprint density at radius 3 is 1.48 bits per heavy atom. The lowest BCUT2D eigenvalue weighted by molar-refractivity contribution is 0.128. The standard InChI is InChI=1S/C12H18.C8H18O.C5H11Br/c1-9(2)11-6-5-7-12(8-11)10(3)4;1-3-5-7-9-8-6-4-2;1-3-4-5(2)6/h5-10H,1-4H3;3-8H2,1-2H3;5H,3-4H2,1-2H3. The minimum absolute atomic E-state index is 0.642. The second-order valence-corrected chi connectivity index (χ2v) is 9.43. The van der Waals surface area contributed by atoms with Crippen LogP contribution in [0.4, 0.5) is 0 Å². The fraction of sp³-hybridized carbons (Fsp3) is 0.760. The molecule has 2 heteroatoms. The largest absolute Gasteiger partial charge is 0.381 e. The molecule has 0 bridgehead atoms. The molecule has 0 spiro atoms. The molecule has 1 unspecified atom stereocenters. The summed E-state index contributed by atoms with van der Waals surface area (Å²) in [6.07, 6.45) is 7.48. The molecule has 1 aromatic rings. The Balaban J connectivity index is 0. The van der Waals surface area contributed by atoms with Gasteiger partial charge in [0.1, 0.15) is 0 Å². The highest BCUT2D eigenvalue weighted by Crippen LogP contribution is 2.20. The van der Waals surface area contributed by atoms with E-state index in [0.29, 0.717) is 16.7 Å². The molecular formula is C25H47BrO. The Labute approximate surface area is 179 Å². The number of rotatable bonds is 10. The number of alkyl halides is 1.